The third-order valence-corrected chi connectivity index (χ3v) is 2.48. The first-order chi connectivity index (χ1) is 6.72. The van der Waals surface area contributed by atoms with Gasteiger partial charge in [0.05, 0.1) is 0 Å². The van der Waals surface area contributed by atoms with E-state index in [1.165, 1.54) is 0 Å². The van der Waals surface area contributed by atoms with Crippen molar-refractivity contribution in [2.45, 2.75) is 71.3 Å². The lowest BCUT2D eigenvalue weighted by molar-refractivity contribution is -0.127. The van der Waals surface area contributed by atoms with E-state index in [0.29, 0.717) is 12.8 Å². The second-order valence-corrected chi connectivity index (χ2v) is 3.93. The molecule has 0 bridgehead atoms. The van der Waals surface area contributed by atoms with Gasteiger partial charge in [-0.1, -0.05) is 46.0 Å². The van der Waals surface area contributed by atoms with Crippen LogP contribution in [0.1, 0.15) is 65.2 Å². The number of ketones is 1. The van der Waals surface area contributed by atoms with Gasteiger partial charge in [-0.2, -0.15) is 0 Å². The second kappa shape index (κ2) is 9.20. The summed E-state index contributed by atoms with van der Waals surface area (Å²) in [4.78, 5) is 11.4. The molecule has 2 heteroatoms. The molecule has 0 aromatic carbocycles. The predicted octanol–water partition coefficient (Wildman–Crippen LogP) is 3.08. The van der Waals surface area contributed by atoms with Crippen molar-refractivity contribution in [2.24, 2.45) is 0 Å². The van der Waals surface area contributed by atoms with Crippen molar-refractivity contribution < 1.29 is 9.90 Å². The number of hydrogen-bond donors (Lipinski definition) is 1. The maximum Gasteiger partial charge on any atom is 0.161 e. The van der Waals surface area contributed by atoms with Crippen molar-refractivity contribution in [1.29, 1.82) is 0 Å². The normalized spacial score (nSPS) is 12.8. The molecule has 14 heavy (non-hydrogen) atoms. The summed E-state index contributed by atoms with van der Waals surface area (Å²) in [5, 5.41) is 9.49. The molecular formula is C12H24O2. The monoisotopic (exact) mass is 200 g/mol. The molecule has 0 aromatic heterocycles. The molecule has 0 heterocycles. The summed E-state index contributed by atoms with van der Waals surface area (Å²) < 4.78 is 0. The average molecular weight is 200 g/mol. The third kappa shape index (κ3) is 7.07. The molecule has 0 fully saturated rings. The van der Waals surface area contributed by atoms with Crippen LogP contribution in [-0.2, 0) is 4.79 Å². The number of unbranched alkanes of at least 4 members (excludes halogenated alkanes) is 4. The number of aliphatic hydroxyl groups excluding tert-OH is 1. The quantitative estimate of drug-likeness (QED) is 0.581. The molecule has 1 unspecified atom stereocenters. The summed E-state index contributed by atoms with van der Waals surface area (Å²) in [6.45, 7) is 4.23. The fourth-order valence-electron chi connectivity index (χ4n) is 1.46. The molecule has 0 radical (unpaired) electrons. The summed E-state index contributed by atoms with van der Waals surface area (Å²) in [5.74, 6) is 0.0366. The van der Waals surface area contributed by atoms with Gasteiger partial charge in [-0.3, -0.25) is 4.79 Å². The summed E-state index contributed by atoms with van der Waals surface area (Å²) in [6, 6.07) is 0. The van der Waals surface area contributed by atoms with Crippen LogP contribution in [-0.4, -0.2) is 17.0 Å². The fourth-order valence-corrected chi connectivity index (χ4v) is 1.46. The van der Waals surface area contributed by atoms with E-state index in [-0.39, 0.29) is 5.78 Å². The van der Waals surface area contributed by atoms with Crippen molar-refractivity contribution >= 4 is 5.78 Å². The molecular weight excluding hydrogens is 176 g/mol. The van der Waals surface area contributed by atoms with Crippen LogP contribution in [0.2, 0.25) is 0 Å². The molecule has 0 aliphatic rings. The van der Waals surface area contributed by atoms with Gasteiger partial charge < -0.3 is 5.11 Å². The second-order valence-electron chi connectivity index (χ2n) is 3.93. The Morgan fingerprint density at radius 3 is 2.21 bits per heavy atom. The minimum atomic E-state index is -0.696. The van der Waals surface area contributed by atoms with E-state index < -0.39 is 6.10 Å². The van der Waals surface area contributed by atoms with Gasteiger partial charge in [0.25, 0.3) is 0 Å². The minimum absolute atomic E-state index is 0.0366. The molecule has 84 valence electrons. The van der Waals surface area contributed by atoms with Crippen molar-refractivity contribution in [2.75, 3.05) is 0 Å². The van der Waals surface area contributed by atoms with E-state index in [1.807, 2.05) is 0 Å². The van der Waals surface area contributed by atoms with Crippen molar-refractivity contribution in [1.82, 2.24) is 0 Å². The van der Waals surface area contributed by atoms with Gasteiger partial charge in [-0.25, -0.2) is 0 Å². The Morgan fingerprint density at radius 1 is 1.07 bits per heavy atom. The lowest BCUT2D eigenvalue weighted by Crippen LogP contribution is -2.19. The molecule has 0 aliphatic heterocycles. The number of Topliss-reactive ketones (excluding diaryl/α,β-unsaturated/α-hetero) is 1. The SMILES string of the molecule is CCCCCC(=O)C(O)CCCCC. The van der Waals surface area contributed by atoms with E-state index in [1.54, 1.807) is 0 Å². The first-order valence-electron chi connectivity index (χ1n) is 5.93. The Balaban J connectivity index is 3.44. The Kier molecular flexibility index (Phi) is 8.95. The molecule has 0 saturated heterocycles. The minimum Gasteiger partial charge on any atom is -0.385 e. The summed E-state index contributed by atoms with van der Waals surface area (Å²) in [5.41, 5.74) is 0. The van der Waals surface area contributed by atoms with Crippen LogP contribution < -0.4 is 0 Å². The number of carbonyl (C=O) groups is 1. The highest BCUT2D eigenvalue weighted by molar-refractivity contribution is 5.82. The zero-order chi connectivity index (χ0) is 10.8. The highest BCUT2D eigenvalue weighted by Gasteiger charge is 2.13. The highest BCUT2D eigenvalue weighted by atomic mass is 16.3. The molecule has 0 spiro atoms. The Morgan fingerprint density at radius 2 is 1.64 bits per heavy atom. The largest absolute Gasteiger partial charge is 0.385 e. The smallest absolute Gasteiger partial charge is 0.161 e. The molecule has 2 nitrogen and oxygen atoms in total. The van der Waals surface area contributed by atoms with Gasteiger partial charge in [-0.05, 0) is 12.8 Å². The summed E-state index contributed by atoms with van der Waals surface area (Å²) in [7, 11) is 0. The first-order valence-corrected chi connectivity index (χ1v) is 5.93. The van der Waals surface area contributed by atoms with Crippen LogP contribution >= 0.6 is 0 Å². The van der Waals surface area contributed by atoms with Crippen molar-refractivity contribution in [3.63, 3.8) is 0 Å². The molecule has 0 aliphatic carbocycles. The summed E-state index contributed by atoms with van der Waals surface area (Å²) >= 11 is 0. The Bertz CT molecular complexity index is 143. The predicted molar refractivity (Wildman–Crippen MR) is 59.3 cm³/mol. The van der Waals surface area contributed by atoms with Crippen LogP contribution in [0.15, 0.2) is 0 Å². The zero-order valence-electron chi connectivity index (χ0n) is 9.59. The number of rotatable bonds is 9. The Hall–Kier alpha value is -0.370. The first kappa shape index (κ1) is 13.6. The van der Waals surface area contributed by atoms with Gasteiger partial charge in [0.1, 0.15) is 6.10 Å². The molecule has 1 N–H and O–H groups in total. The highest BCUT2D eigenvalue weighted by Crippen LogP contribution is 2.08. The van der Waals surface area contributed by atoms with Crippen molar-refractivity contribution in [3.05, 3.63) is 0 Å². The van der Waals surface area contributed by atoms with E-state index in [9.17, 15) is 9.90 Å². The number of carbonyl (C=O) groups excluding carboxylic acids is 1. The van der Waals surface area contributed by atoms with E-state index in [4.69, 9.17) is 0 Å². The van der Waals surface area contributed by atoms with Crippen LogP contribution in [0.3, 0.4) is 0 Å². The average Bonchev–Trinajstić information content (AvgIpc) is 2.18. The van der Waals surface area contributed by atoms with Gasteiger partial charge in [0.15, 0.2) is 5.78 Å². The van der Waals surface area contributed by atoms with Gasteiger partial charge >= 0.3 is 0 Å². The van der Waals surface area contributed by atoms with Crippen LogP contribution in [0.4, 0.5) is 0 Å². The van der Waals surface area contributed by atoms with Crippen LogP contribution in [0, 0.1) is 0 Å². The molecule has 0 rings (SSSR count). The van der Waals surface area contributed by atoms with Gasteiger partial charge in [0.2, 0.25) is 0 Å². The maximum absolute atomic E-state index is 11.4. The third-order valence-electron chi connectivity index (χ3n) is 2.48. The van der Waals surface area contributed by atoms with Crippen LogP contribution in [0.25, 0.3) is 0 Å². The fraction of sp³-hybridized carbons (Fsp3) is 0.917. The molecule has 0 amide bonds. The summed E-state index contributed by atoms with van der Waals surface area (Å²) in [6.07, 6.45) is 6.87. The topological polar surface area (TPSA) is 37.3 Å². The number of hydrogen-bond acceptors (Lipinski definition) is 2. The van der Waals surface area contributed by atoms with Gasteiger partial charge in [0, 0.05) is 6.42 Å². The standard InChI is InChI=1S/C12H24O2/c1-3-5-7-9-11(13)12(14)10-8-6-4-2/h11,13H,3-10H2,1-2H3. The maximum atomic E-state index is 11.4. The lowest BCUT2D eigenvalue weighted by Gasteiger charge is -2.08. The van der Waals surface area contributed by atoms with Crippen LogP contribution in [0.5, 0.6) is 0 Å². The lowest BCUT2D eigenvalue weighted by atomic mass is 10.0. The molecule has 0 aromatic rings. The van der Waals surface area contributed by atoms with Crippen molar-refractivity contribution in [3.8, 4) is 0 Å². The number of aliphatic hydroxyl groups is 1. The van der Waals surface area contributed by atoms with Gasteiger partial charge in [-0.15, -0.1) is 0 Å². The van der Waals surface area contributed by atoms with E-state index >= 15 is 0 Å². The molecule has 1 atom stereocenters. The van der Waals surface area contributed by atoms with E-state index in [0.717, 1.165) is 38.5 Å². The zero-order valence-corrected chi connectivity index (χ0v) is 9.59. The van der Waals surface area contributed by atoms with E-state index in [2.05, 4.69) is 13.8 Å². The Labute approximate surface area is 87.7 Å². The molecule has 0 saturated carbocycles.